The summed E-state index contributed by atoms with van der Waals surface area (Å²) in [6.45, 7) is 15.4. The van der Waals surface area contributed by atoms with Crippen LogP contribution in [0, 0.1) is 11.7 Å². The van der Waals surface area contributed by atoms with Gasteiger partial charge in [-0.15, -0.1) is 11.8 Å². The Morgan fingerprint density at radius 3 is 2.43 bits per heavy atom. The maximum absolute atomic E-state index is 15.6. The van der Waals surface area contributed by atoms with E-state index in [4.69, 9.17) is 0 Å². The molecule has 5 heterocycles. The number of hydrogen-bond acceptors (Lipinski definition) is 7. The van der Waals surface area contributed by atoms with Gasteiger partial charge in [-0.2, -0.15) is 0 Å². The normalized spacial score (nSPS) is 22.1. The molecule has 3 aliphatic heterocycles. The Morgan fingerprint density at radius 1 is 1.04 bits per heavy atom. The summed E-state index contributed by atoms with van der Waals surface area (Å²) in [6, 6.07) is 8.86. The Bertz CT molecular complexity index is 1630. The molecule has 1 N–H and O–H groups in total. The average Bonchev–Trinajstić information content (AvgIpc) is 3.51. The molecule has 3 fully saturated rings. The Hall–Kier alpha value is -3.38. The van der Waals surface area contributed by atoms with Gasteiger partial charge in [0.1, 0.15) is 11.2 Å². The van der Waals surface area contributed by atoms with Crippen molar-refractivity contribution in [2.75, 3.05) is 50.7 Å². The number of nitrogens with one attached hydrogen (secondary N) is 1. The number of fused-ring (bicyclic) bond motifs is 1. The highest BCUT2D eigenvalue weighted by molar-refractivity contribution is 8.01. The van der Waals surface area contributed by atoms with E-state index in [9.17, 15) is 14.4 Å². The summed E-state index contributed by atoms with van der Waals surface area (Å²) >= 11 is 1.48. The van der Waals surface area contributed by atoms with E-state index in [-0.39, 0.29) is 52.6 Å². The van der Waals surface area contributed by atoms with E-state index in [1.54, 1.807) is 16.8 Å². The fourth-order valence-electron chi connectivity index (χ4n) is 7.19. The number of anilines is 1. The number of likely N-dealkylation sites (tertiary alicyclic amines) is 1. The van der Waals surface area contributed by atoms with Crippen molar-refractivity contribution in [3.63, 3.8) is 0 Å². The molecule has 0 bridgehead atoms. The number of piperidine rings is 1. The monoisotopic (exact) mass is 651 g/mol. The second kappa shape index (κ2) is 13.0. The molecule has 6 rings (SSSR count). The molecular formula is C34H46FN7O3S. The van der Waals surface area contributed by atoms with Crippen molar-refractivity contribution >= 4 is 40.4 Å². The van der Waals surface area contributed by atoms with E-state index in [0.29, 0.717) is 56.9 Å². The van der Waals surface area contributed by atoms with Crippen LogP contribution in [0.1, 0.15) is 70.9 Å². The number of carbonyl (C=O) groups excluding carboxylic acids is 2. The largest absolute Gasteiger partial charge is 0.366 e. The summed E-state index contributed by atoms with van der Waals surface area (Å²) < 4.78 is 17.4. The summed E-state index contributed by atoms with van der Waals surface area (Å²) in [4.78, 5) is 55.5. The average molecular weight is 652 g/mol. The van der Waals surface area contributed by atoms with Crippen molar-refractivity contribution < 1.29 is 14.0 Å². The number of halogens is 1. The van der Waals surface area contributed by atoms with Gasteiger partial charge in [0.15, 0.2) is 5.65 Å². The summed E-state index contributed by atoms with van der Waals surface area (Å²) in [5, 5.41) is -0.905. The Labute approximate surface area is 274 Å². The van der Waals surface area contributed by atoms with Gasteiger partial charge in [-0.3, -0.25) is 24.0 Å². The predicted octanol–water partition coefficient (Wildman–Crippen LogP) is 4.64. The van der Waals surface area contributed by atoms with Crippen molar-refractivity contribution in [2.24, 2.45) is 5.92 Å². The number of imidazole rings is 1. The number of nitrogens with zero attached hydrogens (tertiary/aromatic N) is 6. The lowest BCUT2D eigenvalue weighted by Gasteiger charge is -2.43. The topological polar surface area (TPSA) is 97.8 Å². The summed E-state index contributed by atoms with van der Waals surface area (Å²) in [5.74, 6) is -0.166. The van der Waals surface area contributed by atoms with Gasteiger partial charge in [0.05, 0.1) is 16.5 Å². The predicted molar refractivity (Wildman–Crippen MR) is 180 cm³/mol. The van der Waals surface area contributed by atoms with Crippen LogP contribution in [0.25, 0.3) is 11.2 Å². The number of carbonyl (C=O) groups is 2. The number of pyridine rings is 1. The van der Waals surface area contributed by atoms with Crippen LogP contribution in [0.4, 0.5) is 10.1 Å². The standard InChI is InChI=1S/C34H46FN7O3S/c1-22(2)21-41-31(44)27(20-28(43)38-14-11-23(12-15-38)42-26-10-7-13-36-30(26)37-33(42)45)46-32(41)24-8-6-9-25(35)29(24)39-16-18-40(19-17-39)34(3,4)5/h6-10,13,22-23,27,32H,11-12,14-21H2,1-5H3,(H,36,37,45)/t27-,32+/m0/s1. The molecule has 10 nitrogen and oxygen atoms in total. The molecule has 1 aromatic carbocycles. The number of para-hydroxylation sites is 1. The SMILES string of the molecule is CC(C)CN1C(=O)[C@H](CC(=O)N2CCC(n3c(=O)[nH]c4ncccc43)CC2)S[C@@H]1c1cccc(F)c1N1CCN(C(C)(C)C)CC1. The molecular weight excluding hydrogens is 605 g/mol. The van der Waals surface area contributed by atoms with Crippen molar-refractivity contribution in [1.29, 1.82) is 0 Å². The van der Waals surface area contributed by atoms with Gasteiger partial charge in [0.25, 0.3) is 0 Å². The van der Waals surface area contributed by atoms with Crippen molar-refractivity contribution in [2.45, 2.75) is 76.1 Å². The number of thioether (sulfide) groups is 1. The maximum atomic E-state index is 15.6. The van der Waals surface area contributed by atoms with E-state index < -0.39 is 5.25 Å². The zero-order chi connectivity index (χ0) is 32.7. The second-order valence-electron chi connectivity index (χ2n) is 14.2. The summed E-state index contributed by atoms with van der Waals surface area (Å²) in [7, 11) is 0. The number of rotatable bonds is 7. The Morgan fingerprint density at radius 2 is 1.76 bits per heavy atom. The van der Waals surface area contributed by atoms with E-state index in [2.05, 4.69) is 54.4 Å². The third-order valence-corrected chi connectivity index (χ3v) is 11.0. The minimum absolute atomic E-state index is 0.0282. The van der Waals surface area contributed by atoms with Gasteiger partial charge >= 0.3 is 5.69 Å². The fraction of sp³-hybridized carbons (Fsp3) is 0.588. The van der Waals surface area contributed by atoms with Crippen LogP contribution in [0.15, 0.2) is 41.3 Å². The molecule has 3 saturated heterocycles. The number of hydrogen-bond donors (Lipinski definition) is 1. The third kappa shape index (κ3) is 6.43. The van der Waals surface area contributed by atoms with Crippen molar-refractivity contribution in [3.8, 4) is 0 Å². The first-order chi connectivity index (χ1) is 21.9. The number of piperazine rings is 1. The van der Waals surface area contributed by atoms with E-state index in [1.165, 1.54) is 17.8 Å². The molecule has 2 atom stereocenters. The van der Waals surface area contributed by atoms with Crippen LogP contribution in [0.2, 0.25) is 0 Å². The lowest BCUT2D eigenvalue weighted by atomic mass is 10.0. The number of amides is 2. The first-order valence-electron chi connectivity index (χ1n) is 16.5. The highest BCUT2D eigenvalue weighted by atomic mass is 32.2. The first-order valence-corrected chi connectivity index (χ1v) is 17.4. The van der Waals surface area contributed by atoms with Gasteiger partial charge < -0.3 is 14.7 Å². The third-order valence-electron chi connectivity index (χ3n) is 9.56. The van der Waals surface area contributed by atoms with Gasteiger partial charge in [-0.1, -0.05) is 26.0 Å². The summed E-state index contributed by atoms with van der Waals surface area (Å²) in [6.07, 6.45) is 3.06. The molecule has 248 valence electrons. The minimum Gasteiger partial charge on any atom is -0.366 e. The van der Waals surface area contributed by atoms with Crippen LogP contribution in [-0.2, 0) is 9.59 Å². The number of aromatic nitrogens is 3. The van der Waals surface area contributed by atoms with Crippen LogP contribution < -0.4 is 10.6 Å². The van der Waals surface area contributed by atoms with Crippen LogP contribution in [0.5, 0.6) is 0 Å². The van der Waals surface area contributed by atoms with E-state index in [1.807, 2.05) is 28.0 Å². The second-order valence-corrected chi connectivity index (χ2v) is 15.5. The maximum Gasteiger partial charge on any atom is 0.327 e. The lowest BCUT2D eigenvalue weighted by Crippen LogP contribution is -2.53. The number of H-pyrrole nitrogens is 1. The first kappa shape index (κ1) is 32.6. The molecule has 3 aromatic rings. The molecule has 0 radical (unpaired) electrons. The molecule has 0 spiro atoms. The number of benzene rings is 1. The molecule has 46 heavy (non-hydrogen) atoms. The van der Waals surface area contributed by atoms with Crippen LogP contribution >= 0.6 is 11.8 Å². The van der Waals surface area contributed by atoms with Gasteiger partial charge in [-0.25, -0.2) is 14.2 Å². The molecule has 12 heteroatoms. The highest BCUT2D eigenvalue weighted by Gasteiger charge is 2.44. The molecule has 2 amide bonds. The van der Waals surface area contributed by atoms with Crippen LogP contribution in [-0.4, -0.2) is 97.7 Å². The fourth-order valence-corrected chi connectivity index (χ4v) is 8.67. The smallest absolute Gasteiger partial charge is 0.327 e. The zero-order valence-corrected chi connectivity index (χ0v) is 28.4. The number of aromatic amines is 1. The Balaban J connectivity index is 1.16. The molecule has 0 unspecified atom stereocenters. The van der Waals surface area contributed by atoms with Gasteiger partial charge in [0, 0.05) is 75.6 Å². The van der Waals surface area contributed by atoms with E-state index >= 15 is 4.39 Å². The van der Waals surface area contributed by atoms with Gasteiger partial charge in [-0.05, 0) is 57.7 Å². The van der Waals surface area contributed by atoms with Crippen molar-refractivity contribution in [1.82, 2.24) is 29.2 Å². The minimum atomic E-state index is -0.537. The zero-order valence-electron chi connectivity index (χ0n) is 27.5. The molecule has 2 aromatic heterocycles. The Kier molecular flexibility index (Phi) is 9.22. The van der Waals surface area contributed by atoms with Crippen molar-refractivity contribution in [3.05, 3.63) is 58.4 Å². The lowest BCUT2D eigenvalue weighted by molar-refractivity contribution is -0.137. The summed E-state index contributed by atoms with van der Waals surface area (Å²) in [5.41, 5.74) is 2.58. The van der Waals surface area contributed by atoms with E-state index in [0.717, 1.165) is 24.2 Å². The molecule has 0 aliphatic carbocycles. The quantitative estimate of drug-likeness (QED) is 0.398. The van der Waals surface area contributed by atoms with Gasteiger partial charge in [0.2, 0.25) is 11.8 Å². The molecule has 3 aliphatic rings. The highest BCUT2D eigenvalue weighted by Crippen LogP contribution is 2.48. The molecule has 0 saturated carbocycles. The van der Waals surface area contributed by atoms with Crippen LogP contribution in [0.3, 0.4) is 0 Å².